The van der Waals surface area contributed by atoms with Crippen LogP contribution in [0.4, 0.5) is 0 Å². The number of methoxy groups -OCH3 is 1. The third-order valence-corrected chi connectivity index (χ3v) is 3.67. The van der Waals surface area contributed by atoms with Gasteiger partial charge in [-0.2, -0.15) is 5.26 Å². The Labute approximate surface area is 140 Å². The van der Waals surface area contributed by atoms with Crippen molar-refractivity contribution in [2.75, 3.05) is 13.7 Å². The minimum Gasteiger partial charge on any atom is -0.468 e. The molecule has 1 amide bonds. The van der Waals surface area contributed by atoms with E-state index in [1.165, 1.54) is 7.11 Å². The molecule has 5 nitrogen and oxygen atoms in total. The third kappa shape index (κ3) is 4.20. The van der Waals surface area contributed by atoms with Gasteiger partial charge in [-0.1, -0.05) is 29.8 Å². The van der Waals surface area contributed by atoms with Crippen molar-refractivity contribution in [3.63, 3.8) is 0 Å². The highest BCUT2D eigenvalue weighted by Gasteiger charge is 2.22. The van der Waals surface area contributed by atoms with Crippen LogP contribution >= 0.6 is 0 Å². The van der Waals surface area contributed by atoms with Crippen LogP contribution in [0.25, 0.3) is 0 Å². The Morgan fingerprint density at radius 3 is 2.50 bits per heavy atom. The van der Waals surface area contributed by atoms with E-state index in [-0.39, 0.29) is 12.5 Å². The number of nitrogens with zero attached hydrogens (tertiary/aromatic N) is 1. The molecular weight excluding hydrogens is 304 g/mol. The van der Waals surface area contributed by atoms with Crippen LogP contribution in [0.3, 0.4) is 0 Å². The topological polar surface area (TPSA) is 79.2 Å². The summed E-state index contributed by atoms with van der Waals surface area (Å²) >= 11 is 0. The van der Waals surface area contributed by atoms with Gasteiger partial charge < -0.3 is 10.1 Å². The molecular formula is C19H18N2O3. The SMILES string of the molecule is COC(=O)[C@@H](CNC(=O)c1ccc(C#N)cc1)c1cccc(C)c1. The number of ether oxygens (including phenoxy) is 1. The second-order valence-electron chi connectivity index (χ2n) is 5.39. The predicted octanol–water partition coefficient (Wildman–Crippen LogP) is 2.55. The summed E-state index contributed by atoms with van der Waals surface area (Å²) in [5.74, 6) is -1.28. The number of nitrogens with one attached hydrogen (secondary N) is 1. The molecule has 0 saturated heterocycles. The first-order chi connectivity index (χ1) is 11.5. The molecule has 0 heterocycles. The summed E-state index contributed by atoms with van der Waals surface area (Å²) < 4.78 is 4.85. The number of hydrogen-bond acceptors (Lipinski definition) is 4. The first kappa shape index (κ1) is 17.2. The Bertz CT molecular complexity index is 776. The van der Waals surface area contributed by atoms with E-state index in [0.29, 0.717) is 11.1 Å². The van der Waals surface area contributed by atoms with Gasteiger partial charge in [0.1, 0.15) is 0 Å². The maximum Gasteiger partial charge on any atom is 0.314 e. The van der Waals surface area contributed by atoms with E-state index < -0.39 is 11.9 Å². The standard InChI is InChI=1S/C19H18N2O3/c1-13-4-3-5-16(10-13)17(19(23)24-2)12-21-18(22)15-8-6-14(11-20)7-9-15/h3-10,17H,12H2,1-2H3,(H,21,22)/t17-/m0/s1. The molecule has 24 heavy (non-hydrogen) atoms. The molecule has 5 heteroatoms. The lowest BCUT2D eigenvalue weighted by molar-refractivity contribution is -0.142. The molecule has 0 bridgehead atoms. The van der Waals surface area contributed by atoms with Gasteiger partial charge in [-0.15, -0.1) is 0 Å². The van der Waals surface area contributed by atoms with Crippen molar-refractivity contribution in [2.45, 2.75) is 12.8 Å². The fraction of sp³-hybridized carbons (Fsp3) is 0.211. The Morgan fingerprint density at radius 2 is 1.92 bits per heavy atom. The average molecular weight is 322 g/mol. The van der Waals surface area contributed by atoms with E-state index in [0.717, 1.165) is 11.1 Å². The quantitative estimate of drug-likeness (QED) is 0.858. The van der Waals surface area contributed by atoms with E-state index in [2.05, 4.69) is 5.32 Å². The molecule has 0 saturated carbocycles. The van der Waals surface area contributed by atoms with Crippen molar-refractivity contribution < 1.29 is 14.3 Å². The Morgan fingerprint density at radius 1 is 1.21 bits per heavy atom. The Kier molecular flexibility index (Phi) is 5.69. The van der Waals surface area contributed by atoms with Gasteiger partial charge in [-0.05, 0) is 36.8 Å². The molecule has 0 unspecified atom stereocenters. The van der Waals surface area contributed by atoms with Gasteiger partial charge >= 0.3 is 5.97 Å². The summed E-state index contributed by atoms with van der Waals surface area (Å²) in [6.45, 7) is 2.07. The van der Waals surface area contributed by atoms with Gasteiger partial charge in [0.05, 0.1) is 24.7 Å². The monoisotopic (exact) mass is 322 g/mol. The lowest BCUT2D eigenvalue weighted by atomic mass is 9.97. The van der Waals surface area contributed by atoms with Crippen LogP contribution in [-0.4, -0.2) is 25.5 Å². The molecule has 1 atom stereocenters. The van der Waals surface area contributed by atoms with Crippen LogP contribution in [-0.2, 0) is 9.53 Å². The van der Waals surface area contributed by atoms with Crippen molar-refractivity contribution in [3.8, 4) is 6.07 Å². The van der Waals surface area contributed by atoms with Crippen molar-refractivity contribution >= 4 is 11.9 Å². The second kappa shape index (κ2) is 7.93. The number of esters is 1. The van der Waals surface area contributed by atoms with Crippen molar-refractivity contribution in [1.82, 2.24) is 5.32 Å². The lowest BCUT2D eigenvalue weighted by Gasteiger charge is -2.16. The van der Waals surface area contributed by atoms with E-state index in [1.807, 2.05) is 37.3 Å². The van der Waals surface area contributed by atoms with Gasteiger partial charge in [0.2, 0.25) is 0 Å². The number of amides is 1. The highest BCUT2D eigenvalue weighted by molar-refractivity contribution is 5.94. The number of carbonyl (C=O) groups is 2. The molecule has 0 aliphatic rings. The molecule has 2 rings (SSSR count). The maximum atomic E-state index is 12.2. The van der Waals surface area contributed by atoms with Gasteiger partial charge in [-0.3, -0.25) is 9.59 Å². The zero-order valence-corrected chi connectivity index (χ0v) is 13.6. The predicted molar refractivity (Wildman–Crippen MR) is 89.4 cm³/mol. The van der Waals surface area contributed by atoms with Crippen LogP contribution in [0, 0.1) is 18.3 Å². The fourth-order valence-corrected chi connectivity index (χ4v) is 2.36. The molecule has 1 N–H and O–H groups in total. The zero-order valence-electron chi connectivity index (χ0n) is 13.6. The van der Waals surface area contributed by atoms with Gasteiger partial charge in [0.15, 0.2) is 0 Å². The smallest absolute Gasteiger partial charge is 0.314 e. The summed E-state index contributed by atoms with van der Waals surface area (Å²) in [6, 6.07) is 15.8. The number of nitriles is 1. The Hall–Kier alpha value is -3.13. The average Bonchev–Trinajstić information content (AvgIpc) is 2.61. The molecule has 0 fully saturated rings. The molecule has 0 spiro atoms. The minimum absolute atomic E-state index is 0.134. The second-order valence-corrected chi connectivity index (χ2v) is 5.39. The zero-order chi connectivity index (χ0) is 17.5. The first-order valence-corrected chi connectivity index (χ1v) is 7.48. The minimum atomic E-state index is -0.572. The van der Waals surface area contributed by atoms with Crippen LogP contribution in [0.1, 0.15) is 33.0 Å². The normalized spacial score (nSPS) is 11.2. The summed E-state index contributed by atoms with van der Waals surface area (Å²) in [7, 11) is 1.33. The number of hydrogen-bond donors (Lipinski definition) is 1. The van der Waals surface area contributed by atoms with Crippen LogP contribution in [0.15, 0.2) is 48.5 Å². The molecule has 0 aliphatic carbocycles. The maximum absolute atomic E-state index is 12.2. The van der Waals surface area contributed by atoms with E-state index in [9.17, 15) is 9.59 Å². The highest BCUT2D eigenvalue weighted by atomic mass is 16.5. The molecule has 2 aromatic carbocycles. The van der Waals surface area contributed by atoms with Crippen molar-refractivity contribution in [3.05, 3.63) is 70.8 Å². The lowest BCUT2D eigenvalue weighted by Crippen LogP contribution is -2.32. The summed E-state index contributed by atoms with van der Waals surface area (Å²) in [4.78, 5) is 24.3. The number of benzene rings is 2. The number of aryl methyl sites for hydroxylation is 1. The summed E-state index contributed by atoms with van der Waals surface area (Å²) in [5, 5.41) is 11.5. The summed E-state index contributed by atoms with van der Waals surface area (Å²) in [5.41, 5.74) is 2.74. The van der Waals surface area contributed by atoms with Crippen LogP contribution < -0.4 is 5.32 Å². The van der Waals surface area contributed by atoms with E-state index in [4.69, 9.17) is 10.00 Å². The van der Waals surface area contributed by atoms with Crippen molar-refractivity contribution in [2.24, 2.45) is 0 Å². The Balaban J connectivity index is 2.11. The van der Waals surface area contributed by atoms with E-state index >= 15 is 0 Å². The van der Waals surface area contributed by atoms with Crippen LogP contribution in [0.2, 0.25) is 0 Å². The van der Waals surface area contributed by atoms with Gasteiger partial charge in [0.25, 0.3) is 5.91 Å². The highest BCUT2D eigenvalue weighted by Crippen LogP contribution is 2.18. The third-order valence-electron chi connectivity index (χ3n) is 3.67. The number of carbonyl (C=O) groups excluding carboxylic acids is 2. The molecule has 0 aliphatic heterocycles. The molecule has 0 aromatic heterocycles. The summed E-state index contributed by atoms with van der Waals surface area (Å²) in [6.07, 6.45) is 0. The largest absolute Gasteiger partial charge is 0.468 e. The molecule has 122 valence electrons. The van der Waals surface area contributed by atoms with E-state index in [1.54, 1.807) is 24.3 Å². The van der Waals surface area contributed by atoms with Crippen LogP contribution in [0.5, 0.6) is 0 Å². The van der Waals surface area contributed by atoms with Gasteiger partial charge in [0, 0.05) is 12.1 Å². The number of rotatable bonds is 5. The van der Waals surface area contributed by atoms with Gasteiger partial charge in [-0.25, -0.2) is 0 Å². The molecule has 2 aromatic rings. The fourth-order valence-electron chi connectivity index (χ4n) is 2.36. The first-order valence-electron chi connectivity index (χ1n) is 7.48. The molecule has 0 radical (unpaired) electrons. The van der Waals surface area contributed by atoms with Crippen molar-refractivity contribution in [1.29, 1.82) is 5.26 Å².